The second-order valence-corrected chi connectivity index (χ2v) is 7.86. The zero-order chi connectivity index (χ0) is 19.8. The van der Waals surface area contributed by atoms with Crippen molar-refractivity contribution in [1.29, 1.82) is 0 Å². The third-order valence-corrected chi connectivity index (χ3v) is 5.70. The Morgan fingerprint density at radius 3 is 2.64 bits per heavy atom. The first-order valence-electron chi connectivity index (χ1n) is 9.28. The fourth-order valence-corrected chi connectivity index (χ4v) is 4.23. The van der Waals surface area contributed by atoms with Crippen molar-refractivity contribution in [3.63, 3.8) is 0 Å². The zero-order valence-corrected chi connectivity index (χ0v) is 17.1. The lowest BCUT2D eigenvalue weighted by Crippen LogP contribution is -2.29. The van der Waals surface area contributed by atoms with Gasteiger partial charge >= 0.3 is 0 Å². The van der Waals surface area contributed by atoms with E-state index in [2.05, 4.69) is 9.97 Å². The van der Waals surface area contributed by atoms with Crippen LogP contribution in [0.4, 0.5) is 0 Å². The summed E-state index contributed by atoms with van der Waals surface area (Å²) in [5, 5.41) is 1.09. The normalized spacial score (nSPS) is 14.2. The number of benzene rings is 1. The predicted octanol–water partition coefficient (Wildman–Crippen LogP) is 3.64. The number of likely N-dealkylation sites (tertiary alicyclic amines) is 1. The van der Waals surface area contributed by atoms with E-state index < -0.39 is 0 Å². The summed E-state index contributed by atoms with van der Waals surface area (Å²) in [5.74, 6) is 0.627. The number of rotatable bonds is 4. The van der Waals surface area contributed by atoms with Gasteiger partial charge in [0.2, 0.25) is 11.7 Å². The molecule has 2 N–H and O–H groups in total. The van der Waals surface area contributed by atoms with Gasteiger partial charge in [0.15, 0.2) is 0 Å². The van der Waals surface area contributed by atoms with Crippen LogP contribution in [-0.4, -0.2) is 38.3 Å². The maximum Gasteiger partial charge on any atom is 0.234 e. The number of amides is 1. The van der Waals surface area contributed by atoms with Crippen LogP contribution < -0.4 is 5.73 Å². The molecule has 1 aliphatic rings. The first-order valence-corrected chi connectivity index (χ1v) is 10.0. The molecular formula is C20H21Cl2N5O. The Labute approximate surface area is 173 Å². The molecule has 0 aliphatic carbocycles. The van der Waals surface area contributed by atoms with Gasteiger partial charge in [0, 0.05) is 47.7 Å². The van der Waals surface area contributed by atoms with Crippen LogP contribution in [0.5, 0.6) is 0 Å². The molecule has 0 unspecified atom stereocenters. The van der Waals surface area contributed by atoms with Gasteiger partial charge in [0.05, 0.1) is 22.8 Å². The van der Waals surface area contributed by atoms with Crippen LogP contribution in [0.2, 0.25) is 10.0 Å². The summed E-state index contributed by atoms with van der Waals surface area (Å²) in [6.45, 7) is 3.86. The summed E-state index contributed by atoms with van der Waals surface area (Å²) >= 11 is 12.6. The average Bonchev–Trinajstić information content (AvgIpc) is 3.30. The molecule has 0 bridgehead atoms. The maximum absolute atomic E-state index is 12.5. The van der Waals surface area contributed by atoms with Gasteiger partial charge in [-0.1, -0.05) is 23.2 Å². The molecule has 28 heavy (non-hydrogen) atoms. The number of fused-ring (bicyclic) bond motifs is 1. The largest absolute Gasteiger partial charge is 0.342 e. The molecular weight excluding hydrogens is 397 g/mol. The quantitative estimate of drug-likeness (QED) is 0.702. The van der Waals surface area contributed by atoms with Gasteiger partial charge in [0.1, 0.15) is 0 Å². The van der Waals surface area contributed by atoms with Crippen molar-refractivity contribution in [3.05, 3.63) is 51.4 Å². The summed E-state index contributed by atoms with van der Waals surface area (Å²) in [7, 11) is 0. The Hall–Kier alpha value is -2.15. The van der Waals surface area contributed by atoms with Crippen molar-refractivity contribution in [1.82, 2.24) is 19.3 Å². The molecule has 0 radical (unpaired) electrons. The molecule has 2 aromatic heterocycles. The minimum absolute atomic E-state index is 0.0998. The number of carbonyl (C=O) groups excluding carboxylic acids is 1. The van der Waals surface area contributed by atoms with Crippen molar-refractivity contribution in [2.24, 2.45) is 5.73 Å². The Balaban J connectivity index is 1.82. The van der Waals surface area contributed by atoms with Gasteiger partial charge < -0.3 is 10.6 Å². The van der Waals surface area contributed by atoms with Crippen LogP contribution in [0.25, 0.3) is 17.0 Å². The molecule has 4 rings (SSSR count). The van der Waals surface area contributed by atoms with Crippen LogP contribution in [0, 0.1) is 6.92 Å². The van der Waals surface area contributed by atoms with E-state index in [1.54, 1.807) is 12.1 Å². The van der Waals surface area contributed by atoms with Crippen molar-refractivity contribution >= 4 is 34.9 Å². The average molecular weight is 418 g/mol. The van der Waals surface area contributed by atoms with Crippen LogP contribution in [0.1, 0.15) is 29.8 Å². The standard InChI is InChI=1S/C20H21Cl2N5O/c1-12-16(10-23)19(15-5-4-13(21)8-17(15)22)27-11-14(25-20(27)24-12)9-18(28)26-6-2-3-7-26/h4-5,8,11H,2-3,6-7,9-10,23H2,1H3. The molecule has 1 aliphatic heterocycles. The fraction of sp³-hybridized carbons (Fsp3) is 0.350. The predicted molar refractivity (Wildman–Crippen MR) is 111 cm³/mol. The van der Waals surface area contributed by atoms with Gasteiger partial charge in [-0.15, -0.1) is 0 Å². The molecule has 1 fully saturated rings. The van der Waals surface area contributed by atoms with Crippen LogP contribution >= 0.6 is 23.2 Å². The molecule has 3 aromatic rings. The third-order valence-electron chi connectivity index (χ3n) is 5.15. The van der Waals surface area contributed by atoms with E-state index in [1.807, 2.05) is 28.5 Å². The van der Waals surface area contributed by atoms with E-state index in [0.717, 1.165) is 48.4 Å². The molecule has 146 valence electrons. The van der Waals surface area contributed by atoms with Crippen molar-refractivity contribution in [2.45, 2.75) is 32.7 Å². The minimum atomic E-state index is 0.0998. The maximum atomic E-state index is 12.5. The van der Waals surface area contributed by atoms with Gasteiger partial charge in [-0.2, -0.15) is 0 Å². The highest BCUT2D eigenvalue weighted by Gasteiger charge is 2.22. The summed E-state index contributed by atoms with van der Waals surface area (Å²) < 4.78 is 1.87. The Morgan fingerprint density at radius 2 is 1.96 bits per heavy atom. The fourth-order valence-electron chi connectivity index (χ4n) is 3.73. The highest BCUT2D eigenvalue weighted by atomic mass is 35.5. The first-order chi connectivity index (χ1) is 13.5. The zero-order valence-electron chi connectivity index (χ0n) is 15.6. The van der Waals surface area contributed by atoms with Crippen molar-refractivity contribution in [3.8, 4) is 11.3 Å². The number of carbonyl (C=O) groups is 1. The summed E-state index contributed by atoms with van der Waals surface area (Å²) in [4.78, 5) is 23.6. The topological polar surface area (TPSA) is 76.5 Å². The number of nitrogens with zero attached hydrogens (tertiary/aromatic N) is 4. The first kappa shape index (κ1) is 19.2. The molecule has 0 spiro atoms. The van der Waals surface area contributed by atoms with E-state index in [1.165, 1.54) is 0 Å². The number of aromatic nitrogens is 3. The lowest BCUT2D eigenvalue weighted by Gasteiger charge is -2.15. The van der Waals surface area contributed by atoms with E-state index >= 15 is 0 Å². The van der Waals surface area contributed by atoms with Crippen molar-refractivity contribution in [2.75, 3.05) is 13.1 Å². The van der Waals surface area contributed by atoms with E-state index in [4.69, 9.17) is 28.9 Å². The third kappa shape index (κ3) is 3.48. The monoisotopic (exact) mass is 417 g/mol. The number of imidazole rings is 1. The Bertz CT molecular complexity index is 1060. The van der Waals surface area contributed by atoms with E-state index in [0.29, 0.717) is 28.1 Å². The van der Waals surface area contributed by atoms with Crippen molar-refractivity contribution < 1.29 is 4.79 Å². The van der Waals surface area contributed by atoms with Gasteiger partial charge in [-0.05, 0) is 38.0 Å². The van der Waals surface area contributed by atoms with Crippen LogP contribution in [0.3, 0.4) is 0 Å². The van der Waals surface area contributed by atoms with E-state index in [-0.39, 0.29) is 12.3 Å². The van der Waals surface area contributed by atoms with Gasteiger partial charge in [-0.3, -0.25) is 9.20 Å². The smallest absolute Gasteiger partial charge is 0.234 e. The summed E-state index contributed by atoms with van der Waals surface area (Å²) in [6.07, 6.45) is 4.25. The van der Waals surface area contributed by atoms with Crippen LogP contribution in [-0.2, 0) is 17.8 Å². The number of hydrogen-bond acceptors (Lipinski definition) is 4. The molecule has 0 atom stereocenters. The van der Waals surface area contributed by atoms with Crippen LogP contribution in [0.15, 0.2) is 24.4 Å². The molecule has 1 aromatic carbocycles. The lowest BCUT2D eigenvalue weighted by molar-refractivity contribution is -0.129. The summed E-state index contributed by atoms with van der Waals surface area (Å²) in [6, 6.07) is 5.36. The minimum Gasteiger partial charge on any atom is -0.342 e. The number of hydrogen-bond donors (Lipinski definition) is 1. The molecule has 8 heteroatoms. The second-order valence-electron chi connectivity index (χ2n) is 7.02. The number of halogens is 2. The SMILES string of the molecule is Cc1nc2nc(CC(=O)N3CCCC3)cn2c(-c2ccc(Cl)cc2Cl)c1CN. The molecule has 3 heterocycles. The Morgan fingerprint density at radius 1 is 1.21 bits per heavy atom. The molecule has 1 saturated heterocycles. The highest BCUT2D eigenvalue weighted by molar-refractivity contribution is 6.36. The molecule has 6 nitrogen and oxygen atoms in total. The Kier molecular flexibility index (Phi) is 5.27. The number of aryl methyl sites for hydroxylation is 1. The van der Waals surface area contributed by atoms with Gasteiger partial charge in [-0.25, -0.2) is 9.97 Å². The molecule has 1 amide bonds. The second kappa shape index (κ2) is 7.70. The lowest BCUT2D eigenvalue weighted by atomic mass is 10.0. The summed E-state index contributed by atoms with van der Waals surface area (Å²) in [5.41, 5.74) is 10.0. The number of nitrogens with two attached hydrogens (primary N) is 1. The van der Waals surface area contributed by atoms with Gasteiger partial charge in [0.25, 0.3) is 0 Å². The molecule has 0 saturated carbocycles. The highest BCUT2D eigenvalue weighted by Crippen LogP contribution is 2.34. The van der Waals surface area contributed by atoms with E-state index in [9.17, 15) is 4.79 Å².